The first kappa shape index (κ1) is 10.6. The molecule has 2 rings (SSSR count). The zero-order valence-corrected chi connectivity index (χ0v) is 12.6. The van der Waals surface area contributed by atoms with Crippen molar-refractivity contribution in [1.29, 1.82) is 0 Å². The summed E-state index contributed by atoms with van der Waals surface area (Å²) < 4.78 is 3.70. The summed E-state index contributed by atoms with van der Waals surface area (Å²) in [5.41, 5.74) is 0. The van der Waals surface area contributed by atoms with Gasteiger partial charge in [-0.1, -0.05) is 0 Å². The van der Waals surface area contributed by atoms with Gasteiger partial charge in [-0.25, -0.2) is 0 Å². The summed E-state index contributed by atoms with van der Waals surface area (Å²) in [6.07, 6.45) is 16.6. The van der Waals surface area contributed by atoms with Crippen molar-refractivity contribution in [2.75, 3.05) is 0 Å². The van der Waals surface area contributed by atoms with E-state index in [2.05, 4.69) is 49.6 Å². The van der Waals surface area contributed by atoms with Gasteiger partial charge in [0, 0.05) is 0 Å². The van der Waals surface area contributed by atoms with Gasteiger partial charge in [-0.05, 0) is 0 Å². The molecule has 0 radical (unpaired) electrons. The van der Waals surface area contributed by atoms with Crippen LogP contribution in [0.5, 0.6) is 0 Å². The van der Waals surface area contributed by atoms with Gasteiger partial charge in [0.05, 0.1) is 0 Å². The smallest absolute Gasteiger partial charge is 1.00 e. The molecule has 0 heterocycles. The van der Waals surface area contributed by atoms with Crippen LogP contribution in [0.2, 0.25) is 13.1 Å². The van der Waals surface area contributed by atoms with E-state index >= 15 is 0 Å². The third kappa shape index (κ3) is 2.17. The molecular formula is C12H19SiZr. The monoisotopic (exact) mass is 281 g/mol. The molecule has 0 nitrogen and oxygen atoms in total. The fourth-order valence-corrected chi connectivity index (χ4v) is 21.2. The van der Waals surface area contributed by atoms with Crippen LogP contribution in [0.3, 0.4) is 0 Å². The molecule has 0 aromatic heterocycles. The molecule has 0 unspecified atom stereocenters. The summed E-state index contributed by atoms with van der Waals surface area (Å²) in [6, 6.07) is 0. The Hall–Kier alpha value is 0.0600. The maximum Gasteiger partial charge on any atom is -1.00 e. The maximum atomic E-state index is 2.55. The second-order valence-electron chi connectivity index (χ2n) is 4.22. The number of hydrogen-bond acceptors (Lipinski definition) is 0. The van der Waals surface area contributed by atoms with E-state index in [4.69, 9.17) is 0 Å². The first-order valence-electron chi connectivity index (χ1n) is 5.38. The Balaban J connectivity index is 0.00000112. The molecule has 0 bridgehead atoms. The third-order valence-electron chi connectivity index (χ3n) is 2.81. The number of hydrogen-bond donors (Lipinski definition) is 0. The molecular weight excluding hydrogens is 263 g/mol. The fourth-order valence-electron chi connectivity index (χ4n) is 2.24. The van der Waals surface area contributed by atoms with Crippen LogP contribution in [-0.4, -0.2) is 5.92 Å². The van der Waals surface area contributed by atoms with E-state index in [1.807, 2.05) is 6.56 Å². The number of allylic oxidation sites excluding steroid dienone is 8. The zero-order chi connectivity index (χ0) is 9.97. The van der Waals surface area contributed by atoms with E-state index in [1.165, 1.54) is 12.8 Å². The van der Waals surface area contributed by atoms with Crippen molar-refractivity contribution >= 4 is 5.92 Å². The summed E-state index contributed by atoms with van der Waals surface area (Å²) in [5.74, 6) is -0.412. The number of rotatable bonds is 3. The average molecular weight is 283 g/mol. The minimum atomic E-state index is -1.29. The van der Waals surface area contributed by atoms with E-state index in [0.717, 1.165) is 0 Å². The summed E-state index contributed by atoms with van der Waals surface area (Å²) in [4.78, 5) is 0. The van der Waals surface area contributed by atoms with Gasteiger partial charge >= 0.3 is 95.8 Å². The molecule has 2 heteroatoms. The second-order valence-corrected chi connectivity index (χ2v) is 23.6. The van der Waals surface area contributed by atoms with Crippen LogP contribution < -0.4 is 0 Å². The molecule has 0 saturated heterocycles. The van der Waals surface area contributed by atoms with Gasteiger partial charge in [0.15, 0.2) is 0 Å². The van der Waals surface area contributed by atoms with Gasteiger partial charge in [-0.3, -0.25) is 0 Å². The Morgan fingerprint density at radius 3 is 1.86 bits per heavy atom. The maximum absolute atomic E-state index is 2.55. The Morgan fingerprint density at radius 1 is 1.07 bits per heavy atom. The molecule has 0 aromatic rings. The molecule has 2 aliphatic rings. The van der Waals surface area contributed by atoms with E-state index in [9.17, 15) is 0 Å². The van der Waals surface area contributed by atoms with Crippen molar-refractivity contribution in [3.8, 4) is 0 Å². The first-order valence-corrected chi connectivity index (χ1v) is 15.0. The van der Waals surface area contributed by atoms with Gasteiger partial charge in [0.25, 0.3) is 0 Å². The molecule has 0 saturated carbocycles. The predicted molar refractivity (Wildman–Crippen MR) is 64.8 cm³/mol. The van der Waals surface area contributed by atoms with Gasteiger partial charge in [0.2, 0.25) is 0 Å². The van der Waals surface area contributed by atoms with Crippen molar-refractivity contribution in [3.63, 3.8) is 0 Å². The molecule has 0 amide bonds. The summed E-state index contributed by atoms with van der Waals surface area (Å²) in [7, 11) is 0. The Bertz CT molecular complexity index is 313. The van der Waals surface area contributed by atoms with Crippen molar-refractivity contribution in [2.24, 2.45) is 0 Å². The molecule has 75 valence electrons. The third-order valence-corrected chi connectivity index (χ3v) is 22.1. The zero-order valence-electron chi connectivity index (χ0n) is 11.0. The normalized spacial score (nSPS) is 19.1. The van der Waals surface area contributed by atoms with Crippen LogP contribution in [0.25, 0.3) is 0 Å². The molecule has 0 N–H and O–H groups in total. The van der Waals surface area contributed by atoms with Crippen LogP contribution in [0, 0.1) is 0 Å². The van der Waals surface area contributed by atoms with Crippen LogP contribution in [0.15, 0.2) is 43.0 Å². The topological polar surface area (TPSA) is 0 Å². The second kappa shape index (κ2) is 4.72. The van der Waals surface area contributed by atoms with Crippen molar-refractivity contribution in [3.05, 3.63) is 43.0 Å². The van der Waals surface area contributed by atoms with Crippen molar-refractivity contribution in [1.82, 2.24) is 0 Å². The molecule has 0 aliphatic heterocycles. The largest absolute Gasteiger partial charge is 1.00 e. The van der Waals surface area contributed by atoms with Crippen molar-refractivity contribution in [2.45, 2.75) is 25.9 Å². The Labute approximate surface area is 98.3 Å². The van der Waals surface area contributed by atoms with Gasteiger partial charge in [-0.15, -0.1) is 0 Å². The average Bonchev–Trinajstić information content (AvgIpc) is 2.75. The van der Waals surface area contributed by atoms with Crippen LogP contribution in [-0.2, 0) is 20.9 Å². The summed E-state index contributed by atoms with van der Waals surface area (Å²) in [6.45, 7) is 5.10. The standard InChI is InChI=1S/2C5H5.C2H7Si.Zr.2H/c2*1-2-4-5-3-1;1-3-2;;;/h2*1-3H,4H2;3H,1-2H3;;;/q;;;+2;2*-1. The minimum absolute atomic E-state index is 0. The van der Waals surface area contributed by atoms with Gasteiger partial charge in [0.1, 0.15) is 0 Å². The quantitative estimate of drug-likeness (QED) is 0.695. The molecule has 2 aliphatic carbocycles. The predicted octanol–water partition coefficient (Wildman–Crippen LogP) is 3.50. The minimum Gasteiger partial charge on any atom is -1.00 e. The van der Waals surface area contributed by atoms with Crippen molar-refractivity contribution < 1.29 is 23.8 Å². The Morgan fingerprint density at radius 2 is 1.57 bits per heavy atom. The van der Waals surface area contributed by atoms with E-state index < -0.39 is 26.8 Å². The molecule has 14 heavy (non-hydrogen) atoms. The summed E-state index contributed by atoms with van der Waals surface area (Å²) >= 11 is -1.29. The van der Waals surface area contributed by atoms with Crippen LogP contribution >= 0.6 is 0 Å². The molecule has 0 spiro atoms. The molecule has 0 aromatic carbocycles. The van der Waals surface area contributed by atoms with Gasteiger partial charge < -0.3 is 2.85 Å². The molecule has 0 fully saturated rings. The Kier molecular flexibility index (Phi) is 3.57. The van der Waals surface area contributed by atoms with E-state index in [1.54, 1.807) is 0 Å². The van der Waals surface area contributed by atoms with Crippen LogP contribution in [0.1, 0.15) is 15.7 Å². The van der Waals surface area contributed by atoms with E-state index in [-0.39, 0.29) is 2.85 Å². The van der Waals surface area contributed by atoms with Gasteiger partial charge in [-0.2, -0.15) is 0 Å². The van der Waals surface area contributed by atoms with Crippen LogP contribution in [0.4, 0.5) is 0 Å². The summed E-state index contributed by atoms with van der Waals surface area (Å²) in [5, 5.41) is 0. The first-order chi connectivity index (χ1) is 6.79. The molecule has 0 atom stereocenters. The fraction of sp³-hybridized carbons (Fsp3) is 0.333. The van der Waals surface area contributed by atoms with E-state index in [0.29, 0.717) is 0 Å². The SMILES string of the molecule is C[SiH](C)[Zr+2]([C]1=CC=CC1)[C]1=CC=CC1.[H-].[H-].